The van der Waals surface area contributed by atoms with Crippen LogP contribution in [0.25, 0.3) is 0 Å². The maximum absolute atomic E-state index is 12.4. The van der Waals surface area contributed by atoms with Crippen molar-refractivity contribution in [3.63, 3.8) is 0 Å². The molecule has 0 aliphatic heterocycles. The van der Waals surface area contributed by atoms with Gasteiger partial charge in [-0.25, -0.2) is 0 Å². The molecule has 0 bridgehead atoms. The molecule has 2 aromatic rings. The molecule has 23 heavy (non-hydrogen) atoms. The Bertz CT molecular complexity index is 590. The van der Waals surface area contributed by atoms with Crippen LogP contribution < -0.4 is 10.6 Å². The van der Waals surface area contributed by atoms with Gasteiger partial charge in [-0.15, -0.1) is 35.5 Å². The van der Waals surface area contributed by atoms with E-state index >= 15 is 0 Å². The largest absolute Gasteiger partial charge is 0.350 e. The molecule has 1 heterocycles. The topological polar surface area (TPSA) is 41.1 Å². The summed E-state index contributed by atoms with van der Waals surface area (Å²) in [5, 5.41) is 8.38. The van der Waals surface area contributed by atoms with Crippen molar-refractivity contribution >= 4 is 41.4 Å². The number of nitrogens with one attached hydrogen (secondary N) is 2. The summed E-state index contributed by atoms with van der Waals surface area (Å²) < 4.78 is 0. The number of carbonyl (C=O) groups excluding carboxylic acids is 1. The number of hydrogen-bond acceptors (Lipinski definition) is 4. The lowest BCUT2D eigenvalue weighted by molar-refractivity contribution is 0.0947. The van der Waals surface area contributed by atoms with Crippen molar-refractivity contribution in [2.45, 2.75) is 30.5 Å². The summed E-state index contributed by atoms with van der Waals surface area (Å²) in [7, 11) is 0. The van der Waals surface area contributed by atoms with Crippen molar-refractivity contribution in [1.29, 1.82) is 0 Å². The van der Waals surface area contributed by atoms with Gasteiger partial charge in [-0.1, -0.05) is 25.1 Å². The molecule has 0 aliphatic carbocycles. The average molecular weight is 371 g/mol. The highest BCUT2D eigenvalue weighted by atomic mass is 35.5. The van der Waals surface area contributed by atoms with Crippen molar-refractivity contribution in [2.24, 2.45) is 0 Å². The Morgan fingerprint density at radius 3 is 2.74 bits per heavy atom. The molecule has 0 fully saturated rings. The highest BCUT2D eigenvalue weighted by Crippen LogP contribution is 2.27. The second-order valence-corrected chi connectivity index (χ2v) is 7.08. The predicted molar refractivity (Wildman–Crippen MR) is 103 cm³/mol. The quantitative estimate of drug-likeness (QED) is 0.684. The van der Waals surface area contributed by atoms with E-state index in [0.29, 0.717) is 6.54 Å². The van der Waals surface area contributed by atoms with Gasteiger partial charge >= 0.3 is 0 Å². The third-order valence-electron chi connectivity index (χ3n) is 3.20. The van der Waals surface area contributed by atoms with Crippen LogP contribution in [0.15, 0.2) is 46.7 Å². The van der Waals surface area contributed by atoms with Crippen LogP contribution in [0, 0.1) is 0 Å². The molecule has 0 saturated heterocycles. The Hall–Kier alpha value is -1.01. The third-order valence-corrected chi connectivity index (χ3v) is 5.38. The van der Waals surface area contributed by atoms with Crippen LogP contribution in [-0.4, -0.2) is 25.0 Å². The Morgan fingerprint density at radius 1 is 1.26 bits per heavy atom. The van der Waals surface area contributed by atoms with Gasteiger partial charge in [0.25, 0.3) is 5.91 Å². The fourth-order valence-corrected chi connectivity index (χ4v) is 3.91. The first kappa shape index (κ1) is 20.0. The maximum Gasteiger partial charge on any atom is 0.252 e. The smallest absolute Gasteiger partial charge is 0.252 e. The van der Waals surface area contributed by atoms with Crippen molar-refractivity contribution < 1.29 is 4.79 Å². The summed E-state index contributed by atoms with van der Waals surface area (Å²) >= 11 is 3.46. The Morgan fingerprint density at radius 2 is 2.04 bits per heavy atom. The van der Waals surface area contributed by atoms with Gasteiger partial charge in [0.05, 0.1) is 5.56 Å². The van der Waals surface area contributed by atoms with Gasteiger partial charge in [0.1, 0.15) is 0 Å². The lowest BCUT2D eigenvalue weighted by Crippen LogP contribution is -2.38. The van der Waals surface area contributed by atoms with E-state index in [9.17, 15) is 4.79 Å². The average Bonchev–Trinajstić information content (AvgIpc) is 3.04. The Balaban J connectivity index is 0.00000264. The molecule has 0 saturated carbocycles. The third kappa shape index (κ3) is 6.55. The van der Waals surface area contributed by atoms with Gasteiger partial charge in [0.15, 0.2) is 0 Å². The van der Waals surface area contributed by atoms with E-state index in [-0.39, 0.29) is 24.4 Å². The minimum absolute atomic E-state index is 0. The van der Waals surface area contributed by atoms with Crippen molar-refractivity contribution in [1.82, 2.24) is 10.6 Å². The highest BCUT2D eigenvalue weighted by molar-refractivity contribution is 7.98. The van der Waals surface area contributed by atoms with E-state index in [1.807, 2.05) is 24.3 Å². The molecule has 6 heteroatoms. The zero-order valence-corrected chi connectivity index (χ0v) is 15.8. The molecule has 2 N–H and O–H groups in total. The molecule has 1 aromatic heterocycles. The molecular weight excluding hydrogens is 348 g/mol. The monoisotopic (exact) mass is 370 g/mol. The fraction of sp³-hybridized carbons (Fsp3) is 0.353. The number of benzene rings is 1. The molecule has 3 nitrogen and oxygen atoms in total. The second-order valence-electron chi connectivity index (χ2n) is 5.03. The van der Waals surface area contributed by atoms with Gasteiger partial charge in [-0.05, 0) is 37.0 Å². The molecule has 2 rings (SSSR count). The number of thiophene rings is 1. The van der Waals surface area contributed by atoms with Gasteiger partial charge in [-0.2, -0.15) is 0 Å². The molecule has 1 aromatic carbocycles. The maximum atomic E-state index is 12.4. The molecule has 0 unspecified atom stereocenters. The Kier molecular flexibility index (Phi) is 9.33. The molecule has 0 aliphatic rings. The van der Waals surface area contributed by atoms with E-state index in [4.69, 9.17) is 0 Å². The van der Waals surface area contributed by atoms with Crippen LogP contribution in [0.1, 0.15) is 29.1 Å². The van der Waals surface area contributed by atoms with E-state index in [1.165, 1.54) is 4.88 Å². The minimum atomic E-state index is -0.000896. The van der Waals surface area contributed by atoms with Crippen LogP contribution in [0.2, 0.25) is 0 Å². The van der Waals surface area contributed by atoms with E-state index in [2.05, 4.69) is 42.0 Å². The zero-order chi connectivity index (χ0) is 15.8. The zero-order valence-electron chi connectivity index (χ0n) is 13.4. The van der Waals surface area contributed by atoms with Gasteiger partial charge < -0.3 is 10.6 Å². The first-order valence-corrected chi connectivity index (χ1v) is 9.33. The van der Waals surface area contributed by atoms with Crippen LogP contribution in [0.5, 0.6) is 0 Å². The highest BCUT2D eigenvalue weighted by Gasteiger charge is 2.12. The summed E-state index contributed by atoms with van der Waals surface area (Å²) in [5.41, 5.74) is 0.757. The molecule has 1 amide bonds. The molecular formula is C17H23ClN2OS2. The summed E-state index contributed by atoms with van der Waals surface area (Å²) in [6.45, 7) is 5.68. The van der Waals surface area contributed by atoms with E-state index in [0.717, 1.165) is 22.8 Å². The number of carbonyl (C=O) groups is 1. The number of halogens is 1. The van der Waals surface area contributed by atoms with Gasteiger partial charge in [0.2, 0.25) is 0 Å². The SMILES string of the molecule is CCN[C@H](C)CNC(=O)c1ccccc1SCc1cccs1.Cl. The molecule has 0 spiro atoms. The van der Waals surface area contributed by atoms with E-state index in [1.54, 1.807) is 23.1 Å². The second kappa shape index (κ2) is 10.7. The first-order valence-electron chi connectivity index (χ1n) is 7.46. The van der Waals surface area contributed by atoms with Gasteiger partial charge in [0, 0.05) is 28.1 Å². The Labute approximate surface area is 152 Å². The number of hydrogen-bond donors (Lipinski definition) is 2. The normalized spacial score (nSPS) is 11.6. The van der Waals surface area contributed by atoms with Crippen molar-refractivity contribution in [3.05, 3.63) is 52.2 Å². The molecule has 0 radical (unpaired) electrons. The van der Waals surface area contributed by atoms with Gasteiger partial charge in [-0.3, -0.25) is 4.79 Å². The number of thioether (sulfide) groups is 1. The summed E-state index contributed by atoms with van der Waals surface area (Å²) in [5.74, 6) is 0.898. The standard InChI is InChI=1S/C17H22N2OS2.ClH/c1-3-18-13(2)11-19-17(20)15-8-4-5-9-16(15)22-12-14-7-6-10-21-14;/h4-10,13,18H,3,11-12H2,1-2H3,(H,19,20);1H/t13-;/m1./s1. The summed E-state index contributed by atoms with van der Waals surface area (Å²) in [6, 6.07) is 12.3. The molecule has 126 valence electrons. The van der Waals surface area contributed by atoms with Crippen molar-refractivity contribution in [2.75, 3.05) is 13.1 Å². The summed E-state index contributed by atoms with van der Waals surface area (Å²) in [6.07, 6.45) is 0. The van der Waals surface area contributed by atoms with Crippen LogP contribution >= 0.6 is 35.5 Å². The number of likely N-dealkylation sites (N-methyl/N-ethyl adjacent to an activating group) is 1. The lowest BCUT2D eigenvalue weighted by atomic mass is 10.2. The fourth-order valence-electron chi connectivity index (χ4n) is 2.09. The summed E-state index contributed by atoms with van der Waals surface area (Å²) in [4.78, 5) is 14.7. The number of rotatable bonds is 8. The van der Waals surface area contributed by atoms with Crippen LogP contribution in [0.3, 0.4) is 0 Å². The van der Waals surface area contributed by atoms with Crippen LogP contribution in [0.4, 0.5) is 0 Å². The molecule has 1 atom stereocenters. The van der Waals surface area contributed by atoms with Crippen molar-refractivity contribution in [3.8, 4) is 0 Å². The minimum Gasteiger partial charge on any atom is -0.350 e. The lowest BCUT2D eigenvalue weighted by Gasteiger charge is -2.14. The van der Waals surface area contributed by atoms with E-state index < -0.39 is 0 Å². The predicted octanol–water partition coefficient (Wildman–Crippen LogP) is 4.19. The first-order chi connectivity index (χ1) is 10.7. The van der Waals surface area contributed by atoms with Crippen LogP contribution in [-0.2, 0) is 5.75 Å². The number of amides is 1.